The molecule has 0 unspecified atom stereocenters. The minimum absolute atomic E-state index is 0.150. The highest BCUT2D eigenvalue weighted by atomic mass is 32.1. The van der Waals surface area contributed by atoms with Crippen LogP contribution in [0.15, 0.2) is 36.5 Å². The number of nitrogens with one attached hydrogen (secondary N) is 1. The SMILES string of the molecule is CCCCCOc1ccc(Nc2nc(-c3ccc(CN4CCOCC4)nc3)c(C)s2)cc1C(F)(F)F. The number of morpholine rings is 1. The molecule has 6 nitrogen and oxygen atoms in total. The molecule has 36 heavy (non-hydrogen) atoms. The number of hydrogen-bond donors (Lipinski definition) is 1. The van der Waals surface area contributed by atoms with Crippen molar-refractivity contribution >= 4 is 22.2 Å². The highest BCUT2D eigenvalue weighted by Crippen LogP contribution is 2.39. The molecule has 1 aromatic carbocycles. The maximum atomic E-state index is 13.7. The molecule has 1 fully saturated rings. The minimum Gasteiger partial charge on any atom is -0.493 e. The highest BCUT2D eigenvalue weighted by Gasteiger charge is 2.35. The first-order valence-electron chi connectivity index (χ1n) is 12.2. The zero-order valence-electron chi connectivity index (χ0n) is 20.5. The number of thiazole rings is 1. The van der Waals surface area contributed by atoms with Crippen LogP contribution in [0.2, 0.25) is 0 Å². The molecular formula is C26H31F3N4O2S. The van der Waals surface area contributed by atoms with Crippen molar-refractivity contribution in [2.75, 3.05) is 38.2 Å². The van der Waals surface area contributed by atoms with E-state index in [0.717, 1.165) is 80.0 Å². The minimum atomic E-state index is -4.52. The number of aryl methyl sites for hydroxylation is 1. The third-order valence-electron chi connectivity index (χ3n) is 5.93. The number of benzene rings is 1. The summed E-state index contributed by atoms with van der Waals surface area (Å²) in [6.45, 7) is 8.28. The molecule has 0 amide bonds. The summed E-state index contributed by atoms with van der Waals surface area (Å²) in [5.41, 5.74) is 2.12. The van der Waals surface area contributed by atoms with Crippen molar-refractivity contribution in [2.24, 2.45) is 0 Å². The van der Waals surface area contributed by atoms with Gasteiger partial charge >= 0.3 is 6.18 Å². The third-order valence-corrected chi connectivity index (χ3v) is 6.81. The van der Waals surface area contributed by atoms with Crippen LogP contribution >= 0.6 is 11.3 Å². The van der Waals surface area contributed by atoms with E-state index < -0.39 is 11.7 Å². The Morgan fingerprint density at radius 1 is 1.14 bits per heavy atom. The van der Waals surface area contributed by atoms with E-state index in [0.29, 0.717) is 10.8 Å². The molecule has 0 atom stereocenters. The molecule has 1 aliphatic rings. The predicted octanol–water partition coefficient (Wildman–Crippen LogP) is 6.68. The smallest absolute Gasteiger partial charge is 0.420 e. The lowest BCUT2D eigenvalue weighted by molar-refractivity contribution is -0.138. The van der Waals surface area contributed by atoms with Crippen molar-refractivity contribution in [3.05, 3.63) is 52.7 Å². The van der Waals surface area contributed by atoms with E-state index in [9.17, 15) is 13.2 Å². The molecule has 1 N–H and O–H groups in total. The first-order chi connectivity index (χ1) is 17.3. The van der Waals surface area contributed by atoms with Gasteiger partial charge in [0.25, 0.3) is 0 Å². The summed E-state index contributed by atoms with van der Waals surface area (Å²) in [5.74, 6) is -0.150. The third kappa shape index (κ3) is 6.96. The van der Waals surface area contributed by atoms with Gasteiger partial charge in [0.1, 0.15) is 5.75 Å². The summed E-state index contributed by atoms with van der Waals surface area (Å²) in [6, 6.07) is 8.01. The molecule has 2 aromatic heterocycles. The fourth-order valence-electron chi connectivity index (χ4n) is 3.98. The first-order valence-corrected chi connectivity index (χ1v) is 13.0. The number of rotatable bonds is 10. The van der Waals surface area contributed by atoms with Gasteiger partial charge in [-0.2, -0.15) is 13.2 Å². The van der Waals surface area contributed by atoms with Crippen LogP contribution in [0, 0.1) is 6.92 Å². The Bertz CT molecular complexity index is 1130. The van der Waals surface area contributed by atoms with Gasteiger partial charge in [-0.15, -0.1) is 11.3 Å². The lowest BCUT2D eigenvalue weighted by atomic mass is 10.1. The van der Waals surface area contributed by atoms with Gasteiger partial charge in [0, 0.05) is 42.0 Å². The van der Waals surface area contributed by atoms with E-state index in [1.165, 1.54) is 17.4 Å². The Labute approximate surface area is 213 Å². The number of pyridine rings is 1. The van der Waals surface area contributed by atoms with E-state index in [4.69, 9.17) is 9.47 Å². The molecule has 10 heteroatoms. The van der Waals surface area contributed by atoms with Crippen molar-refractivity contribution in [1.29, 1.82) is 0 Å². The molecule has 0 radical (unpaired) electrons. The van der Waals surface area contributed by atoms with Gasteiger partial charge in [0.05, 0.1) is 36.8 Å². The summed E-state index contributed by atoms with van der Waals surface area (Å²) in [4.78, 5) is 12.5. The second-order valence-corrected chi connectivity index (χ2v) is 9.94. The summed E-state index contributed by atoms with van der Waals surface area (Å²) in [6.07, 6.45) is -0.108. The Hall–Kier alpha value is -2.69. The van der Waals surface area contributed by atoms with E-state index in [1.54, 1.807) is 12.3 Å². The summed E-state index contributed by atoms with van der Waals surface area (Å²) in [7, 11) is 0. The summed E-state index contributed by atoms with van der Waals surface area (Å²) < 4.78 is 51.8. The quantitative estimate of drug-likeness (QED) is 0.301. The number of halogens is 3. The lowest BCUT2D eigenvalue weighted by Crippen LogP contribution is -2.35. The number of unbranched alkanes of at least 4 members (excludes halogenated alkanes) is 2. The molecule has 1 aliphatic heterocycles. The Morgan fingerprint density at radius 2 is 1.94 bits per heavy atom. The van der Waals surface area contributed by atoms with Crippen LogP contribution in [-0.2, 0) is 17.5 Å². The molecular weight excluding hydrogens is 489 g/mol. The van der Waals surface area contributed by atoms with Crippen molar-refractivity contribution in [2.45, 2.75) is 45.8 Å². The molecule has 3 aromatic rings. The van der Waals surface area contributed by atoms with E-state index in [-0.39, 0.29) is 12.4 Å². The van der Waals surface area contributed by atoms with Crippen LogP contribution in [-0.4, -0.2) is 47.8 Å². The van der Waals surface area contributed by atoms with Crippen LogP contribution < -0.4 is 10.1 Å². The number of alkyl halides is 3. The highest BCUT2D eigenvalue weighted by molar-refractivity contribution is 7.16. The van der Waals surface area contributed by atoms with Gasteiger partial charge in [0.2, 0.25) is 0 Å². The zero-order chi connectivity index (χ0) is 25.5. The number of hydrogen-bond acceptors (Lipinski definition) is 7. The second-order valence-electron chi connectivity index (χ2n) is 8.74. The molecule has 0 spiro atoms. The number of anilines is 2. The van der Waals surface area contributed by atoms with E-state index in [1.807, 2.05) is 26.0 Å². The molecule has 0 bridgehead atoms. The standard InChI is InChI=1S/C26H31F3N4O2S/c1-3-4-5-12-35-23-9-8-20(15-22(23)26(27,28)29)31-25-32-24(18(2)36-25)19-6-7-21(30-16-19)17-33-10-13-34-14-11-33/h6-9,15-16H,3-5,10-14,17H2,1-2H3,(H,31,32). The molecule has 4 rings (SSSR count). The molecule has 194 valence electrons. The van der Waals surface area contributed by atoms with Crippen LogP contribution in [0.1, 0.15) is 42.3 Å². The van der Waals surface area contributed by atoms with Crippen LogP contribution in [0.25, 0.3) is 11.3 Å². The van der Waals surface area contributed by atoms with Crippen molar-refractivity contribution in [1.82, 2.24) is 14.9 Å². The fourth-order valence-corrected chi connectivity index (χ4v) is 4.83. The first kappa shape index (κ1) is 26.4. The topological polar surface area (TPSA) is 59.5 Å². The normalized spacial score (nSPS) is 14.7. The Kier molecular flexibility index (Phi) is 8.81. The zero-order valence-corrected chi connectivity index (χ0v) is 21.3. The molecule has 1 saturated heterocycles. The second kappa shape index (κ2) is 12.0. The maximum absolute atomic E-state index is 13.7. The van der Waals surface area contributed by atoms with Crippen LogP contribution in [0.3, 0.4) is 0 Å². The fraction of sp³-hybridized carbons (Fsp3) is 0.462. The Balaban J connectivity index is 1.45. The maximum Gasteiger partial charge on any atom is 0.420 e. The molecule has 3 heterocycles. The van der Waals surface area contributed by atoms with Gasteiger partial charge in [-0.25, -0.2) is 4.98 Å². The van der Waals surface area contributed by atoms with Gasteiger partial charge in [-0.1, -0.05) is 19.8 Å². The van der Waals surface area contributed by atoms with E-state index in [2.05, 4.69) is 20.2 Å². The largest absolute Gasteiger partial charge is 0.493 e. The van der Waals surface area contributed by atoms with Crippen LogP contribution in [0.4, 0.5) is 24.0 Å². The van der Waals surface area contributed by atoms with E-state index >= 15 is 0 Å². The number of nitrogens with zero attached hydrogens (tertiary/aromatic N) is 3. The van der Waals surface area contributed by atoms with Crippen molar-refractivity contribution in [3.63, 3.8) is 0 Å². The number of ether oxygens (including phenoxy) is 2. The average Bonchev–Trinajstić information content (AvgIpc) is 3.22. The average molecular weight is 521 g/mol. The molecule has 0 aliphatic carbocycles. The van der Waals surface area contributed by atoms with Gasteiger partial charge in [0.15, 0.2) is 5.13 Å². The lowest BCUT2D eigenvalue weighted by Gasteiger charge is -2.26. The molecule has 0 saturated carbocycles. The Morgan fingerprint density at radius 3 is 2.64 bits per heavy atom. The van der Waals surface area contributed by atoms with Crippen molar-refractivity contribution < 1.29 is 22.6 Å². The summed E-state index contributed by atoms with van der Waals surface area (Å²) in [5, 5.41) is 3.55. The van der Waals surface area contributed by atoms with Crippen LogP contribution in [0.5, 0.6) is 5.75 Å². The van der Waals surface area contributed by atoms with Gasteiger partial charge in [-0.05, 0) is 43.7 Å². The van der Waals surface area contributed by atoms with Gasteiger partial charge < -0.3 is 14.8 Å². The predicted molar refractivity (Wildman–Crippen MR) is 136 cm³/mol. The van der Waals surface area contributed by atoms with Crippen molar-refractivity contribution in [3.8, 4) is 17.0 Å². The monoisotopic (exact) mass is 520 g/mol. The summed E-state index contributed by atoms with van der Waals surface area (Å²) >= 11 is 1.39. The number of aromatic nitrogens is 2. The van der Waals surface area contributed by atoms with Gasteiger partial charge in [-0.3, -0.25) is 9.88 Å².